The first-order chi connectivity index (χ1) is 10.7. The first-order valence-corrected chi connectivity index (χ1v) is 12.3. The van der Waals surface area contributed by atoms with Crippen molar-refractivity contribution in [2.24, 2.45) is 11.3 Å². The molecule has 24 heavy (non-hydrogen) atoms. The van der Waals surface area contributed by atoms with Crippen LogP contribution in [0.5, 0.6) is 0 Å². The van der Waals surface area contributed by atoms with E-state index < -0.39 is 14.4 Å². The van der Waals surface area contributed by atoms with Crippen molar-refractivity contribution in [3.63, 3.8) is 0 Å². The molecule has 0 saturated carbocycles. The van der Waals surface area contributed by atoms with Gasteiger partial charge in [0.2, 0.25) is 0 Å². The molecule has 5 heteroatoms. The van der Waals surface area contributed by atoms with Gasteiger partial charge in [0, 0.05) is 12.5 Å². The number of carbonyl (C=O) groups is 1. The Hall–Kier alpha value is -0.553. The average Bonchev–Trinajstić information content (AvgIpc) is 2.73. The highest BCUT2D eigenvalue weighted by Gasteiger charge is 2.52. The number of nitrogens with zero attached hydrogens (tertiary/aromatic N) is 1. The van der Waals surface area contributed by atoms with Gasteiger partial charge in [0.05, 0.1) is 12.1 Å². The predicted molar refractivity (Wildman–Crippen MR) is 103 cm³/mol. The highest BCUT2D eigenvalue weighted by atomic mass is 28.4. The lowest BCUT2D eigenvalue weighted by molar-refractivity contribution is 0.0409. The molecule has 1 amide bonds. The molecule has 1 aliphatic heterocycles. The van der Waals surface area contributed by atoms with E-state index in [1.54, 1.807) is 4.90 Å². The van der Waals surface area contributed by atoms with E-state index in [2.05, 4.69) is 61.6 Å². The Bertz CT molecular complexity index is 437. The number of likely N-dealkylation sites (tertiary alicyclic amines) is 1. The van der Waals surface area contributed by atoms with Crippen LogP contribution >= 0.6 is 0 Å². The van der Waals surface area contributed by atoms with E-state index >= 15 is 0 Å². The zero-order valence-corrected chi connectivity index (χ0v) is 18.3. The van der Waals surface area contributed by atoms with Crippen LogP contribution in [-0.4, -0.2) is 43.1 Å². The van der Waals surface area contributed by atoms with Crippen LogP contribution in [0.1, 0.15) is 67.7 Å². The van der Waals surface area contributed by atoms with Crippen LogP contribution in [0.25, 0.3) is 0 Å². The molecule has 3 atom stereocenters. The van der Waals surface area contributed by atoms with Crippen LogP contribution in [-0.2, 0) is 4.43 Å². The lowest BCUT2D eigenvalue weighted by Crippen LogP contribution is -2.53. The van der Waals surface area contributed by atoms with Crippen molar-refractivity contribution in [2.75, 3.05) is 6.54 Å². The molecule has 0 aromatic carbocycles. The topological polar surface area (TPSA) is 49.8 Å². The molecular formula is C19H39NO3Si. The summed E-state index contributed by atoms with van der Waals surface area (Å²) in [6.45, 7) is 20.5. The molecule has 0 spiro atoms. The smallest absolute Gasteiger partial charge is 0.407 e. The van der Waals surface area contributed by atoms with Gasteiger partial charge in [0.15, 0.2) is 8.32 Å². The molecule has 0 aliphatic carbocycles. The monoisotopic (exact) mass is 357 g/mol. The Morgan fingerprint density at radius 2 is 1.75 bits per heavy atom. The molecule has 1 saturated heterocycles. The van der Waals surface area contributed by atoms with Gasteiger partial charge in [-0.2, -0.15) is 0 Å². The van der Waals surface area contributed by atoms with Gasteiger partial charge in [-0.1, -0.05) is 61.3 Å². The third-order valence-electron chi connectivity index (χ3n) is 5.84. The summed E-state index contributed by atoms with van der Waals surface area (Å²) in [5.41, 5.74) is -0.133. The van der Waals surface area contributed by atoms with Crippen molar-refractivity contribution in [3.8, 4) is 0 Å². The number of hydrogen-bond acceptors (Lipinski definition) is 2. The fraction of sp³-hybridized carbons (Fsp3) is 0.947. The third-order valence-corrected chi connectivity index (χ3v) is 10.3. The van der Waals surface area contributed by atoms with Crippen molar-refractivity contribution < 1.29 is 14.3 Å². The fourth-order valence-electron chi connectivity index (χ4n) is 3.46. The zero-order valence-electron chi connectivity index (χ0n) is 17.3. The van der Waals surface area contributed by atoms with E-state index in [-0.39, 0.29) is 22.6 Å². The fourth-order valence-corrected chi connectivity index (χ4v) is 4.82. The minimum Gasteiger partial charge on any atom is -0.465 e. The van der Waals surface area contributed by atoms with Crippen LogP contribution in [0.2, 0.25) is 18.1 Å². The summed E-state index contributed by atoms with van der Waals surface area (Å²) in [7, 11) is -1.96. The van der Waals surface area contributed by atoms with Crippen LogP contribution in [0.4, 0.5) is 4.79 Å². The standard InChI is InChI=1S/C19H39NO3Si/c1-10-11-12-14-13-20(17(21)22)16(18(2,3)4)15(14)23-24(8,9)19(5,6)7/h14-16H,10-13H2,1-9H3,(H,21,22)/t14-,15+,16?/m0/s1. The van der Waals surface area contributed by atoms with E-state index in [0.29, 0.717) is 12.5 Å². The Kier molecular flexibility index (Phi) is 6.59. The average molecular weight is 358 g/mol. The van der Waals surface area contributed by atoms with Crippen molar-refractivity contribution in [3.05, 3.63) is 0 Å². The highest BCUT2D eigenvalue weighted by Crippen LogP contribution is 2.44. The van der Waals surface area contributed by atoms with Gasteiger partial charge >= 0.3 is 6.09 Å². The molecule has 1 rings (SSSR count). The molecule has 0 bridgehead atoms. The quantitative estimate of drug-likeness (QED) is 0.652. The lowest BCUT2D eigenvalue weighted by atomic mass is 9.81. The normalized spacial score (nSPS) is 26.0. The minimum atomic E-state index is -1.96. The Morgan fingerprint density at radius 1 is 1.21 bits per heavy atom. The number of unbranched alkanes of at least 4 members (excludes halogenated alkanes) is 1. The predicted octanol–water partition coefficient (Wildman–Crippen LogP) is 5.59. The number of hydrogen-bond donors (Lipinski definition) is 1. The number of amides is 1. The van der Waals surface area contributed by atoms with Crippen molar-refractivity contribution in [1.29, 1.82) is 0 Å². The summed E-state index contributed by atoms with van der Waals surface area (Å²) in [6, 6.07) is -0.0778. The van der Waals surface area contributed by atoms with Gasteiger partial charge in [-0.3, -0.25) is 0 Å². The summed E-state index contributed by atoms with van der Waals surface area (Å²) in [6.07, 6.45) is 2.51. The van der Waals surface area contributed by atoms with E-state index in [9.17, 15) is 9.90 Å². The lowest BCUT2D eigenvalue weighted by Gasteiger charge is -2.44. The zero-order chi connectivity index (χ0) is 18.9. The molecule has 1 aliphatic rings. The molecule has 0 radical (unpaired) electrons. The largest absolute Gasteiger partial charge is 0.465 e. The maximum atomic E-state index is 11.9. The third kappa shape index (κ3) is 4.75. The first kappa shape index (κ1) is 21.5. The molecule has 1 heterocycles. The minimum absolute atomic E-state index is 0.00791. The molecule has 0 aromatic rings. The van der Waals surface area contributed by atoms with Crippen LogP contribution in [0, 0.1) is 11.3 Å². The molecule has 1 N–H and O–H groups in total. The van der Waals surface area contributed by atoms with E-state index in [0.717, 1.165) is 19.3 Å². The Labute approximate surface area is 150 Å². The second kappa shape index (κ2) is 7.36. The Balaban J connectivity index is 3.20. The van der Waals surface area contributed by atoms with E-state index in [1.165, 1.54) is 0 Å². The maximum absolute atomic E-state index is 11.9. The maximum Gasteiger partial charge on any atom is 0.407 e. The van der Waals surface area contributed by atoms with E-state index in [1.807, 2.05) is 0 Å². The summed E-state index contributed by atoms with van der Waals surface area (Å²) >= 11 is 0. The Morgan fingerprint density at radius 3 is 2.12 bits per heavy atom. The number of rotatable bonds is 5. The van der Waals surface area contributed by atoms with Gasteiger partial charge in [0.1, 0.15) is 0 Å². The van der Waals surface area contributed by atoms with Crippen LogP contribution < -0.4 is 0 Å². The SMILES string of the molecule is CCCC[C@H]1CN(C(=O)O)C(C(C)(C)C)[C@@H]1O[Si](C)(C)C(C)(C)C. The van der Waals surface area contributed by atoms with Gasteiger partial charge in [-0.15, -0.1) is 0 Å². The van der Waals surface area contributed by atoms with Gasteiger partial charge in [-0.05, 0) is 30.0 Å². The van der Waals surface area contributed by atoms with Crippen molar-refractivity contribution >= 4 is 14.4 Å². The van der Waals surface area contributed by atoms with Gasteiger partial charge in [0.25, 0.3) is 0 Å². The molecule has 142 valence electrons. The second-order valence-corrected chi connectivity index (χ2v) is 14.7. The molecule has 4 nitrogen and oxygen atoms in total. The van der Waals surface area contributed by atoms with E-state index in [4.69, 9.17) is 4.43 Å². The van der Waals surface area contributed by atoms with Gasteiger partial charge in [-0.25, -0.2) is 4.79 Å². The van der Waals surface area contributed by atoms with Crippen LogP contribution in [0.15, 0.2) is 0 Å². The molecule has 1 fully saturated rings. The second-order valence-electron chi connectivity index (χ2n) is 9.99. The summed E-state index contributed by atoms with van der Waals surface area (Å²) in [5.74, 6) is 0.305. The summed E-state index contributed by atoms with van der Waals surface area (Å²) in [5, 5.41) is 9.87. The van der Waals surface area contributed by atoms with Crippen molar-refractivity contribution in [2.45, 2.75) is 98.0 Å². The number of carboxylic acid groups (broad SMARTS) is 1. The first-order valence-electron chi connectivity index (χ1n) is 9.39. The van der Waals surface area contributed by atoms with Gasteiger partial charge < -0.3 is 14.4 Å². The molecular weight excluding hydrogens is 318 g/mol. The summed E-state index contributed by atoms with van der Waals surface area (Å²) < 4.78 is 6.83. The van der Waals surface area contributed by atoms with Crippen molar-refractivity contribution in [1.82, 2.24) is 4.90 Å². The van der Waals surface area contributed by atoms with Crippen LogP contribution in [0.3, 0.4) is 0 Å². The molecule has 0 aromatic heterocycles. The highest BCUT2D eigenvalue weighted by molar-refractivity contribution is 6.74. The summed E-state index contributed by atoms with van der Waals surface area (Å²) in [4.78, 5) is 13.5. The molecule has 1 unspecified atom stereocenters.